The Morgan fingerprint density at radius 1 is 1.57 bits per heavy atom. The van der Waals surface area contributed by atoms with E-state index in [9.17, 15) is 15.2 Å². The van der Waals surface area contributed by atoms with Crippen LogP contribution in [0.25, 0.3) is 0 Å². The molecular weight excluding hydrogens is 272 g/mol. The fraction of sp³-hybridized carbons (Fsp3) is 0.643. The summed E-state index contributed by atoms with van der Waals surface area (Å²) >= 11 is 0. The summed E-state index contributed by atoms with van der Waals surface area (Å²) in [5, 5.41) is 28.1. The molecular formula is C14H22N4O3. The first-order valence-corrected chi connectivity index (χ1v) is 6.96. The lowest BCUT2D eigenvalue weighted by Gasteiger charge is -2.16. The maximum atomic E-state index is 10.9. The zero-order valence-electron chi connectivity index (χ0n) is 12.7. The fourth-order valence-corrected chi connectivity index (χ4v) is 2.20. The maximum Gasteiger partial charge on any atom is 0.312 e. The quantitative estimate of drug-likeness (QED) is 0.426. The van der Waals surface area contributed by atoms with Crippen molar-refractivity contribution in [3.05, 3.63) is 21.5 Å². The molecule has 7 nitrogen and oxygen atoms in total. The molecule has 0 spiro atoms. The first kappa shape index (κ1) is 17.1. The Balaban J connectivity index is 2.64. The topological polar surface area (TPSA) is 93.2 Å². The third kappa shape index (κ3) is 4.55. The number of hydrogen-bond donors (Lipinski definition) is 2. The molecule has 1 aromatic heterocycles. The number of aliphatic hydroxyl groups is 1. The molecule has 0 fully saturated rings. The fourth-order valence-electron chi connectivity index (χ4n) is 2.20. The Morgan fingerprint density at radius 3 is 2.71 bits per heavy atom. The first-order valence-electron chi connectivity index (χ1n) is 6.96. The average molecular weight is 294 g/mol. The van der Waals surface area contributed by atoms with Crippen LogP contribution in [0.5, 0.6) is 0 Å². The molecule has 1 aromatic rings. The van der Waals surface area contributed by atoms with E-state index in [0.29, 0.717) is 17.9 Å². The van der Waals surface area contributed by atoms with Gasteiger partial charge in [-0.15, -0.1) is 6.42 Å². The Hall–Kier alpha value is -1.91. The van der Waals surface area contributed by atoms with Crippen LogP contribution in [-0.2, 0) is 6.54 Å². The van der Waals surface area contributed by atoms with E-state index in [1.165, 1.54) is 4.68 Å². The normalized spacial score (nSPS) is 13.7. The first-order chi connectivity index (χ1) is 9.90. The molecule has 0 aliphatic rings. The monoisotopic (exact) mass is 294 g/mol. The Morgan fingerprint density at radius 2 is 2.24 bits per heavy atom. The molecule has 0 saturated carbocycles. The van der Waals surface area contributed by atoms with Gasteiger partial charge in [-0.2, -0.15) is 5.10 Å². The number of aryl methyl sites for hydroxylation is 1. The molecule has 7 heteroatoms. The van der Waals surface area contributed by atoms with Crippen LogP contribution in [0.2, 0.25) is 0 Å². The standard InChI is InChI=1S/C14H22N4O3/c1-5-7-12(6-2)15-8-13(19)9-17-11(4)14(18(20)21)10(3)16-17/h2,12-13,15,19H,5,7-9H2,1,3-4H3. The van der Waals surface area contributed by atoms with Crippen LogP contribution < -0.4 is 5.32 Å². The van der Waals surface area contributed by atoms with Gasteiger partial charge in [0.05, 0.1) is 23.6 Å². The van der Waals surface area contributed by atoms with Crippen LogP contribution in [0.1, 0.15) is 31.2 Å². The molecule has 0 aliphatic carbocycles. The van der Waals surface area contributed by atoms with Crippen LogP contribution >= 0.6 is 0 Å². The number of hydrogen-bond acceptors (Lipinski definition) is 5. The van der Waals surface area contributed by atoms with Gasteiger partial charge in [0, 0.05) is 6.54 Å². The van der Waals surface area contributed by atoms with E-state index in [2.05, 4.69) is 16.3 Å². The number of nitrogens with zero attached hydrogens (tertiary/aromatic N) is 3. The molecule has 0 aromatic carbocycles. The van der Waals surface area contributed by atoms with Crippen LogP contribution in [0.15, 0.2) is 0 Å². The van der Waals surface area contributed by atoms with Crippen molar-refractivity contribution in [2.45, 2.75) is 52.3 Å². The van der Waals surface area contributed by atoms with E-state index < -0.39 is 11.0 Å². The van der Waals surface area contributed by atoms with Crippen LogP contribution in [0.3, 0.4) is 0 Å². The predicted octanol–water partition coefficient (Wildman–Crippen LogP) is 1.16. The van der Waals surface area contributed by atoms with Gasteiger partial charge in [0.15, 0.2) is 0 Å². The van der Waals surface area contributed by atoms with Gasteiger partial charge < -0.3 is 10.4 Å². The van der Waals surface area contributed by atoms with Crippen molar-refractivity contribution in [1.29, 1.82) is 0 Å². The van der Waals surface area contributed by atoms with Crippen LogP contribution in [0, 0.1) is 36.3 Å². The number of terminal acetylenes is 1. The zero-order valence-corrected chi connectivity index (χ0v) is 12.7. The van der Waals surface area contributed by atoms with Crippen molar-refractivity contribution in [3.63, 3.8) is 0 Å². The predicted molar refractivity (Wildman–Crippen MR) is 79.9 cm³/mol. The van der Waals surface area contributed by atoms with Crippen molar-refractivity contribution in [2.75, 3.05) is 6.54 Å². The summed E-state index contributed by atoms with van der Waals surface area (Å²) in [5.41, 5.74) is 0.798. The lowest BCUT2D eigenvalue weighted by Crippen LogP contribution is -2.36. The molecule has 1 heterocycles. The minimum Gasteiger partial charge on any atom is -0.390 e. The highest BCUT2D eigenvalue weighted by Gasteiger charge is 2.22. The van der Waals surface area contributed by atoms with Crippen molar-refractivity contribution >= 4 is 5.69 Å². The third-order valence-corrected chi connectivity index (χ3v) is 3.29. The highest BCUT2D eigenvalue weighted by molar-refractivity contribution is 5.39. The van der Waals surface area contributed by atoms with Gasteiger partial charge in [-0.25, -0.2) is 0 Å². The lowest BCUT2D eigenvalue weighted by molar-refractivity contribution is -0.386. The molecule has 1 rings (SSSR count). The average Bonchev–Trinajstić information content (AvgIpc) is 2.69. The lowest BCUT2D eigenvalue weighted by atomic mass is 10.1. The van der Waals surface area contributed by atoms with E-state index in [1.54, 1.807) is 13.8 Å². The number of nitro groups is 1. The van der Waals surface area contributed by atoms with Crippen LogP contribution in [0.4, 0.5) is 5.69 Å². The Bertz CT molecular complexity index is 533. The van der Waals surface area contributed by atoms with Gasteiger partial charge in [-0.1, -0.05) is 19.3 Å². The number of aliphatic hydroxyl groups excluding tert-OH is 1. The molecule has 2 atom stereocenters. The van der Waals surface area contributed by atoms with E-state index in [0.717, 1.165) is 12.8 Å². The number of aromatic nitrogens is 2. The molecule has 0 saturated heterocycles. The summed E-state index contributed by atoms with van der Waals surface area (Å²) in [4.78, 5) is 10.5. The van der Waals surface area contributed by atoms with Crippen molar-refractivity contribution < 1.29 is 10.0 Å². The second-order valence-corrected chi connectivity index (χ2v) is 5.03. The highest BCUT2D eigenvalue weighted by atomic mass is 16.6. The molecule has 0 amide bonds. The van der Waals surface area contributed by atoms with Gasteiger partial charge in [-0.3, -0.25) is 14.8 Å². The Kier molecular flexibility index (Phi) is 6.34. The molecule has 116 valence electrons. The second-order valence-electron chi connectivity index (χ2n) is 5.03. The minimum atomic E-state index is -0.713. The smallest absolute Gasteiger partial charge is 0.312 e. The number of rotatable bonds is 8. The van der Waals surface area contributed by atoms with Gasteiger partial charge in [0.25, 0.3) is 0 Å². The summed E-state index contributed by atoms with van der Waals surface area (Å²) in [5.74, 6) is 2.63. The zero-order chi connectivity index (χ0) is 16.0. The van der Waals surface area contributed by atoms with Gasteiger partial charge in [-0.05, 0) is 20.3 Å². The van der Waals surface area contributed by atoms with E-state index in [-0.39, 0.29) is 18.3 Å². The SMILES string of the molecule is C#CC(CCC)NCC(O)Cn1nc(C)c([N+](=O)[O-])c1C. The van der Waals surface area contributed by atoms with E-state index >= 15 is 0 Å². The largest absolute Gasteiger partial charge is 0.390 e. The van der Waals surface area contributed by atoms with E-state index in [4.69, 9.17) is 6.42 Å². The van der Waals surface area contributed by atoms with Crippen molar-refractivity contribution in [2.24, 2.45) is 0 Å². The molecule has 2 unspecified atom stereocenters. The van der Waals surface area contributed by atoms with E-state index in [1.807, 2.05) is 6.92 Å². The summed E-state index contributed by atoms with van der Waals surface area (Å²) in [6.45, 7) is 5.76. The molecule has 21 heavy (non-hydrogen) atoms. The Labute approximate surface area is 124 Å². The summed E-state index contributed by atoms with van der Waals surface area (Å²) in [7, 11) is 0. The highest BCUT2D eigenvalue weighted by Crippen LogP contribution is 2.21. The minimum absolute atomic E-state index is 0.00245. The number of nitrogens with one attached hydrogen (secondary N) is 1. The summed E-state index contributed by atoms with van der Waals surface area (Å²) in [6, 6.07) is -0.0700. The molecule has 2 N–H and O–H groups in total. The van der Waals surface area contributed by atoms with Crippen molar-refractivity contribution in [1.82, 2.24) is 15.1 Å². The second kappa shape index (κ2) is 7.76. The van der Waals surface area contributed by atoms with Gasteiger partial charge >= 0.3 is 5.69 Å². The third-order valence-electron chi connectivity index (χ3n) is 3.29. The summed E-state index contributed by atoms with van der Waals surface area (Å²) < 4.78 is 1.46. The summed E-state index contributed by atoms with van der Waals surface area (Å²) in [6.07, 6.45) is 6.48. The van der Waals surface area contributed by atoms with Gasteiger partial charge in [0.2, 0.25) is 0 Å². The molecule has 0 radical (unpaired) electrons. The van der Waals surface area contributed by atoms with Crippen LogP contribution in [-0.4, -0.2) is 38.5 Å². The molecule has 0 aliphatic heterocycles. The van der Waals surface area contributed by atoms with Crippen molar-refractivity contribution in [3.8, 4) is 12.3 Å². The molecule has 0 bridgehead atoms. The maximum absolute atomic E-state index is 10.9. The van der Waals surface area contributed by atoms with Gasteiger partial charge in [0.1, 0.15) is 11.4 Å².